The fraction of sp³-hybridized carbons (Fsp3) is 0.412. The number of aromatic nitrogens is 1. The minimum atomic E-state index is 0.118. The zero-order valence-electron chi connectivity index (χ0n) is 13.4. The largest absolute Gasteiger partial charge is 0.378 e. The van der Waals surface area contributed by atoms with Crippen LogP contribution in [0.5, 0.6) is 0 Å². The van der Waals surface area contributed by atoms with Crippen molar-refractivity contribution in [3.63, 3.8) is 0 Å². The minimum absolute atomic E-state index is 0.118. The first-order valence-corrected chi connectivity index (χ1v) is 9.56. The van der Waals surface area contributed by atoms with Crippen molar-refractivity contribution in [3.8, 4) is 0 Å². The first-order chi connectivity index (χ1) is 11.2. The molecular weight excluding hydrogens is 326 g/mol. The number of likely N-dealkylation sites (tertiary alicyclic amines) is 1. The number of benzene rings is 1. The number of rotatable bonds is 5. The molecular formula is C17H21N3OS2. The van der Waals surface area contributed by atoms with Crippen molar-refractivity contribution in [3.05, 3.63) is 41.6 Å². The summed E-state index contributed by atoms with van der Waals surface area (Å²) in [6.45, 7) is 3.60. The monoisotopic (exact) mass is 347 g/mol. The van der Waals surface area contributed by atoms with Gasteiger partial charge in [-0.25, -0.2) is 0 Å². The van der Waals surface area contributed by atoms with E-state index >= 15 is 0 Å². The second-order valence-corrected chi connectivity index (χ2v) is 7.62. The van der Waals surface area contributed by atoms with Crippen LogP contribution in [0.1, 0.15) is 22.5 Å². The number of thioether (sulfide) groups is 1. The van der Waals surface area contributed by atoms with Crippen LogP contribution in [0.4, 0.5) is 5.00 Å². The zero-order chi connectivity index (χ0) is 16.2. The van der Waals surface area contributed by atoms with Crippen molar-refractivity contribution < 1.29 is 4.79 Å². The van der Waals surface area contributed by atoms with E-state index in [0.29, 0.717) is 5.92 Å². The molecule has 0 radical (unpaired) electrons. The highest BCUT2D eigenvalue weighted by molar-refractivity contribution is 7.99. The van der Waals surface area contributed by atoms with Crippen LogP contribution >= 0.6 is 23.3 Å². The van der Waals surface area contributed by atoms with Crippen molar-refractivity contribution in [2.24, 2.45) is 5.92 Å². The van der Waals surface area contributed by atoms with E-state index in [1.54, 1.807) is 0 Å². The van der Waals surface area contributed by atoms with Crippen molar-refractivity contribution in [1.29, 1.82) is 0 Å². The molecule has 2 heterocycles. The molecule has 2 aromatic rings. The van der Waals surface area contributed by atoms with Gasteiger partial charge >= 0.3 is 0 Å². The van der Waals surface area contributed by atoms with Crippen molar-refractivity contribution >= 4 is 34.2 Å². The molecule has 1 fully saturated rings. The van der Waals surface area contributed by atoms with Gasteiger partial charge in [0.1, 0.15) is 5.00 Å². The molecule has 1 atom stereocenters. The maximum absolute atomic E-state index is 12.8. The normalized spacial score (nSPS) is 17.5. The zero-order valence-corrected chi connectivity index (χ0v) is 15.0. The molecule has 1 saturated heterocycles. The fourth-order valence-electron chi connectivity index (χ4n) is 2.83. The lowest BCUT2D eigenvalue weighted by molar-refractivity contribution is 0.0789. The summed E-state index contributed by atoms with van der Waals surface area (Å²) in [6.07, 6.45) is 1.08. The predicted octanol–water partition coefficient (Wildman–Crippen LogP) is 3.75. The van der Waals surface area contributed by atoms with Gasteiger partial charge in [0, 0.05) is 30.8 Å². The first-order valence-electron chi connectivity index (χ1n) is 7.80. The number of nitrogens with zero attached hydrogens (tertiary/aromatic N) is 2. The SMILES string of the molecule is CNc1snc(C)c1C(=O)N1CC[C@@H](CSc2ccccc2)C1. The van der Waals surface area contributed by atoms with Crippen molar-refractivity contribution in [2.75, 3.05) is 31.2 Å². The number of carbonyl (C=O) groups excluding carboxylic acids is 1. The molecule has 0 saturated carbocycles. The molecule has 6 heteroatoms. The molecule has 122 valence electrons. The van der Waals surface area contributed by atoms with E-state index in [1.807, 2.05) is 36.7 Å². The summed E-state index contributed by atoms with van der Waals surface area (Å²) < 4.78 is 4.30. The number of hydrogen-bond donors (Lipinski definition) is 1. The third kappa shape index (κ3) is 3.70. The van der Waals surface area contributed by atoms with Gasteiger partial charge in [0.2, 0.25) is 0 Å². The van der Waals surface area contributed by atoms with E-state index in [0.717, 1.165) is 41.5 Å². The van der Waals surface area contributed by atoms with Crippen molar-refractivity contribution in [2.45, 2.75) is 18.2 Å². The van der Waals surface area contributed by atoms with Crippen LogP contribution in [0.2, 0.25) is 0 Å². The molecule has 0 unspecified atom stereocenters. The highest BCUT2D eigenvalue weighted by Crippen LogP contribution is 2.30. The van der Waals surface area contributed by atoms with E-state index in [2.05, 4.69) is 34.0 Å². The number of nitrogens with one attached hydrogen (secondary N) is 1. The first kappa shape index (κ1) is 16.3. The Labute approximate surface area is 145 Å². The number of hydrogen-bond acceptors (Lipinski definition) is 5. The van der Waals surface area contributed by atoms with Crippen LogP contribution < -0.4 is 5.32 Å². The van der Waals surface area contributed by atoms with E-state index in [-0.39, 0.29) is 5.91 Å². The van der Waals surface area contributed by atoms with Gasteiger partial charge in [0.05, 0.1) is 11.3 Å². The van der Waals surface area contributed by atoms with Crippen LogP contribution in [0.3, 0.4) is 0 Å². The highest BCUT2D eigenvalue weighted by atomic mass is 32.2. The lowest BCUT2D eigenvalue weighted by Gasteiger charge is -2.17. The van der Waals surface area contributed by atoms with Crippen LogP contribution in [-0.2, 0) is 0 Å². The second-order valence-electron chi connectivity index (χ2n) is 5.75. The average Bonchev–Trinajstić information content (AvgIpc) is 3.20. The molecule has 0 spiro atoms. The fourth-order valence-corrected chi connectivity index (χ4v) is 4.62. The predicted molar refractivity (Wildman–Crippen MR) is 97.6 cm³/mol. The molecule has 1 aliphatic rings. The maximum atomic E-state index is 12.8. The topological polar surface area (TPSA) is 45.2 Å². The quantitative estimate of drug-likeness (QED) is 0.837. The van der Waals surface area contributed by atoms with Crippen LogP contribution in [-0.4, -0.2) is 41.1 Å². The Morgan fingerprint density at radius 3 is 2.96 bits per heavy atom. The van der Waals surface area contributed by atoms with Crippen LogP contribution in [0.15, 0.2) is 35.2 Å². The minimum Gasteiger partial charge on any atom is -0.378 e. The molecule has 1 N–H and O–H groups in total. The molecule has 1 amide bonds. The van der Waals surface area contributed by atoms with Crippen LogP contribution in [0.25, 0.3) is 0 Å². The molecule has 0 aliphatic carbocycles. The van der Waals surface area contributed by atoms with Gasteiger partial charge in [-0.05, 0) is 42.9 Å². The summed E-state index contributed by atoms with van der Waals surface area (Å²) >= 11 is 3.24. The average molecular weight is 348 g/mol. The van der Waals surface area contributed by atoms with Crippen LogP contribution in [0, 0.1) is 12.8 Å². The molecule has 1 aromatic carbocycles. The lowest BCUT2D eigenvalue weighted by atomic mass is 10.1. The summed E-state index contributed by atoms with van der Waals surface area (Å²) in [5, 5.41) is 3.95. The Morgan fingerprint density at radius 1 is 1.43 bits per heavy atom. The van der Waals surface area contributed by atoms with Crippen molar-refractivity contribution in [1.82, 2.24) is 9.27 Å². The van der Waals surface area contributed by atoms with Gasteiger partial charge in [-0.2, -0.15) is 4.37 Å². The Hall–Kier alpha value is -1.53. The van der Waals surface area contributed by atoms with Gasteiger partial charge in [-0.15, -0.1) is 11.8 Å². The van der Waals surface area contributed by atoms with E-state index < -0.39 is 0 Å². The molecule has 1 aliphatic heterocycles. The summed E-state index contributed by atoms with van der Waals surface area (Å²) in [5.74, 6) is 1.75. The molecule has 4 nitrogen and oxygen atoms in total. The summed E-state index contributed by atoms with van der Waals surface area (Å²) in [4.78, 5) is 16.1. The third-order valence-corrected chi connectivity index (χ3v) is 6.31. The van der Waals surface area contributed by atoms with E-state index in [1.165, 1.54) is 16.4 Å². The molecule has 23 heavy (non-hydrogen) atoms. The van der Waals surface area contributed by atoms with Gasteiger partial charge in [0.15, 0.2) is 0 Å². The summed E-state index contributed by atoms with van der Waals surface area (Å²) in [6, 6.07) is 10.5. The number of anilines is 1. The number of carbonyl (C=O) groups is 1. The molecule has 0 bridgehead atoms. The highest BCUT2D eigenvalue weighted by Gasteiger charge is 2.30. The third-order valence-electron chi connectivity index (χ3n) is 4.11. The Morgan fingerprint density at radius 2 is 2.22 bits per heavy atom. The Kier molecular flexibility index (Phi) is 5.23. The second kappa shape index (κ2) is 7.36. The molecule has 1 aromatic heterocycles. The van der Waals surface area contributed by atoms with Gasteiger partial charge in [-0.3, -0.25) is 4.79 Å². The van der Waals surface area contributed by atoms with Gasteiger partial charge < -0.3 is 10.2 Å². The van der Waals surface area contributed by atoms with Gasteiger partial charge in [-0.1, -0.05) is 18.2 Å². The lowest BCUT2D eigenvalue weighted by Crippen LogP contribution is -2.29. The van der Waals surface area contributed by atoms with E-state index in [4.69, 9.17) is 0 Å². The smallest absolute Gasteiger partial charge is 0.258 e. The molecule has 3 rings (SSSR count). The Bertz CT molecular complexity index is 672. The Balaban J connectivity index is 1.59. The standard InChI is InChI=1S/C17H21N3OS2/c1-12-15(16(18-2)23-19-12)17(21)20-9-8-13(10-20)11-22-14-6-4-3-5-7-14/h3-7,13,18H,8-11H2,1-2H3/t13-/m1/s1. The van der Waals surface area contributed by atoms with E-state index in [9.17, 15) is 4.79 Å². The maximum Gasteiger partial charge on any atom is 0.258 e. The number of amides is 1. The summed E-state index contributed by atoms with van der Waals surface area (Å²) in [7, 11) is 1.84. The van der Waals surface area contributed by atoms with Gasteiger partial charge in [0.25, 0.3) is 5.91 Å². The summed E-state index contributed by atoms with van der Waals surface area (Å²) in [5.41, 5.74) is 1.57. The number of aryl methyl sites for hydroxylation is 1.